The first-order valence-electron chi connectivity index (χ1n) is 11.9. The Bertz CT molecular complexity index is 1040. The number of likely N-dealkylation sites (tertiary alicyclic amines) is 1. The number of alkyl carbamates (subject to hydrolysis) is 1. The van der Waals surface area contributed by atoms with Crippen molar-refractivity contribution >= 4 is 18.0 Å². The van der Waals surface area contributed by atoms with Crippen LogP contribution in [0, 0.1) is 11.8 Å². The van der Waals surface area contributed by atoms with Gasteiger partial charge in [-0.15, -0.1) is 0 Å². The number of amides is 2. The maximum absolute atomic E-state index is 13.3. The van der Waals surface area contributed by atoms with Gasteiger partial charge in [-0.05, 0) is 46.9 Å². The molecule has 0 bridgehead atoms. The van der Waals surface area contributed by atoms with E-state index in [2.05, 4.69) is 17.4 Å². The topological polar surface area (TPSA) is 95.9 Å². The van der Waals surface area contributed by atoms with Gasteiger partial charge in [0.15, 0.2) is 0 Å². The summed E-state index contributed by atoms with van der Waals surface area (Å²) in [6.07, 6.45) is 0.496. The van der Waals surface area contributed by atoms with Crippen LogP contribution >= 0.6 is 0 Å². The largest absolute Gasteiger partial charge is 0.480 e. The van der Waals surface area contributed by atoms with E-state index in [4.69, 9.17) is 4.74 Å². The Morgan fingerprint density at radius 1 is 1.03 bits per heavy atom. The maximum Gasteiger partial charge on any atom is 0.407 e. The van der Waals surface area contributed by atoms with Crippen LogP contribution in [0.4, 0.5) is 4.79 Å². The highest BCUT2D eigenvalue weighted by molar-refractivity contribution is 5.89. The normalized spacial score (nSPS) is 20.4. The summed E-state index contributed by atoms with van der Waals surface area (Å²) in [5.41, 5.74) is 4.50. The molecule has 0 aromatic heterocycles. The zero-order chi connectivity index (χ0) is 24.4. The van der Waals surface area contributed by atoms with Gasteiger partial charge in [0.2, 0.25) is 5.91 Å². The minimum Gasteiger partial charge on any atom is -0.480 e. The summed E-state index contributed by atoms with van der Waals surface area (Å²) in [4.78, 5) is 39.2. The van der Waals surface area contributed by atoms with E-state index in [1.165, 1.54) is 4.90 Å². The molecule has 2 aliphatic rings. The number of piperidine rings is 1. The third-order valence-electron chi connectivity index (χ3n) is 6.94. The van der Waals surface area contributed by atoms with Crippen molar-refractivity contribution in [2.45, 2.75) is 51.6 Å². The summed E-state index contributed by atoms with van der Waals surface area (Å²) >= 11 is 0. The van der Waals surface area contributed by atoms with Crippen LogP contribution in [-0.4, -0.2) is 53.2 Å². The Kier molecular flexibility index (Phi) is 6.91. The van der Waals surface area contributed by atoms with Crippen molar-refractivity contribution in [3.05, 3.63) is 59.7 Å². The Morgan fingerprint density at radius 3 is 2.18 bits per heavy atom. The van der Waals surface area contributed by atoms with E-state index in [0.29, 0.717) is 13.0 Å². The first-order chi connectivity index (χ1) is 16.3. The molecule has 1 saturated heterocycles. The second-order valence-corrected chi connectivity index (χ2v) is 9.72. The molecule has 0 spiro atoms. The van der Waals surface area contributed by atoms with Crippen molar-refractivity contribution in [1.82, 2.24) is 10.2 Å². The van der Waals surface area contributed by atoms with Crippen LogP contribution in [-0.2, 0) is 14.3 Å². The lowest BCUT2D eigenvalue weighted by Gasteiger charge is -2.39. The number of rotatable bonds is 6. The minimum atomic E-state index is -1.01. The number of hydrogen-bond donors (Lipinski definition) is 2. The molecular formula is C27H32N2O5. The van der Waals surface area contributed by atoms with Crippen LogP contribution in [0.25, 0.3) is 11.1 Å². The Hall–Kier alpha value is -3.35. The molecule has 2 aromatic carbocycles. The molecule has 1 aliphatic carbocycles. The molecule has 4 rings (SSSR count). The Balaban J connectivity index is 1.45. The minimum absolute atomic E-state index is 0.0781. The number of carbonyl (C=O) groups is 3. The number of carboxylic acid groups (broad SMARTS) is 1. The molecule has 34 heavy (non-hydrogen) atoms. The van der Waals surface area contributed by atoms with Crippen molar-refractivity contribution in [2.75, 3.05) is 13.2 Å². The van der Waals surface area contributed by atoms with Crippen LogP contribution in [0.2, 0.25) is 0 Å². The lowest BCUT2D eigenvalue weighted by molar-refractivity contribution is -0.154. The van der Waals surface area contributed by atoms with Gasteiger partial charge in [-0.1, -0.05) is 69.3 Å². The van der Waals surface area contributed by atoms with Crippen molar-refractivity contribution < 1.29 is 24.2 Å². The molecule has 2 aromatic rings. The number of fused-ring (bicyclic) bond motifs is 3. The molecule has 1 fully saturated rings. The average Bonchev–Trinajstić information content (AvgIpc) is 3.14. The quantitative estimate of drug-likeness (QED) is 0.666. The summed E-state index contributed by atoms with van der Waals surface area (Å²) in [5, 5.41) is 12.3. The van der Waals surface area contributed by atoms with E-state index in [9.17, 15) is 19.5 Å². The van der Waals surface area contributed by atoms with Gasteiger partial charge in [-0.2, -0.15) is 0 Å². The van der Waals surface area contributed by atoms with Gasteiger partial charge in [0.05, 0.1) is 0 Å². The number of nitrogens with one attached hydrogen (secondary N) is 1. The standard InChI is InChI=1S/C27H32N2O5/c1-16(2)24(25(30)29-14-17(3)12-13-23(29)26(31)32)28-27(33)34-15-22-20-10-6-4-8-18(20)19-9-5-7-11-21(19)22/h4-11,16-17,22-24H,12-15H2,1-3H3,(H,28,33)(H,31,32)/t17?,23?,24-/m1/s1. The molecule has 2 amide bonds. The van der Waals surface area contributed by atoms with Gasteiger partial charge < -0.3 is 20.1 Å². The average molecular weight is 465 g/mol. The molecule has 0 radical (unpaired) electrons. The number of ether oxygens (including phenoxy) is 1. The lowest BCUT2D eigenvalue weighted by atomic mass is 9.92. The van der Waals surface area contributed by atoms with Crippen LogP contribution in [0.3, 0.4) is 0 Å². The van der Waals surface area contributed by atoms with Gasteiger partial charge in [0, 0.05) is 12.5 Å². The van der Waals surface area contributed by atoms with Crippen molar-refractivity contribution in [3.63, 3.8) is 0 Å². The molecule has 7 heteroatoms. The monoisotopic (exact) mass is 464 g/mol. The summed E-state index contributed by atoms with van der Waals surface area (Å²) in [6.45, 7) is 6.18. The molecule has 180 valence electrons. The Labute approximate surface area is 200 Å². The smallest absolute Gasteiger partial charge is 0.407 e. The van der Waals surface area contributed by atoms with E-state index in [1.54, 1.807) is 0 Å². The van der Waals surface area contributed by atoms with Gasteiger partial charge in [-0.25, -0.2) is 9.59 Å². The van der Waals surface area contributed by atoms with Gasteiger partial charge >= 0.3 is 12.1 Å². The number of hydrogen-bond acceptors (Lipinski definition) is 4. The van der Waals surface area contributed by atoms with E-state index in [0.717, 1.165) is 28.7 Å². The predicted octanol–water partition coefficient (Wildman–Crippen LogP) is 4.26. The van der Waals surface area contributed by atoms with Crippen molar-refractivity contribution in [1.29, 1.82) is 0 Å². The molecular weight excluding hydrogens is 432 g/mol. The number of aliphatic carboxylic acids is 1. The SMILES string of the molecule is CC1CCC(C(=O)O)N(C(=O)[C@H](NC(=O)OCC2c3ccccc3-c3ccccc32)C(C)C)C1. The second kappa shape index (κ2) is 9.87. The fourth-order valence-electron chi connectivity index (χ4n) is 5.11. The number of nitrogens with zero attached hydrogens (tertiary/aromatic N) is 1. The van der Waals surface area contributed by atoms with Crippen LogP contribution < -0.4 is 5.32 Å². The highest BCUT2D eigenvalue weighted by atomic mass is 16.5. The van der Waals surface area contributed by atoms with Gasteiger partial charge in [0.25, 0.3) is 0 Å². The predicted molar refractivity (Wildman–Crippen MR) is 128 cm³/mol. The zero-order valence-corrected chi connectivity index (χ0v) is 19.9. The summed E-state index contributed by atoms with van der Waals surface area (Å²) in [6, 6.07) is 14.5. The highest BCUT2D eigenvalue weighted by Gasteiger charge is 2.39. The number of carbonyl (C=O) groups excluding carboxylic acids is 2. The van der Waals surface area contributed by atoms with Crippen molar-refractivity contribution in [3.8, 4) is 11.1 Å². The fraction of sp³-hybridized carbons (Fsp3) is 0.444. The number of benzene rings is 2. The molecule has 1 aliphatic heterocycles. The first kappa shape index (κ1) is 23.8. The van der Waals surface area contributed by atoms with E-state index in [1.807, 2.05) is 57.2 Å². The summed E-state index contributed by atoms with van der Waals surface area (Å²) in [5.74, 6) is -1.47. The first-order valence-corrected chi connectivity index (χ1v) is 11.9. The number of carboxylic acids is 1. The maximum atomic E-state index is 13.3. The van der Waals surface area contributed by atoms with Gasteiger partial charge in [-0.3, -0.25) is 4.79 Å². The summed E-state index contributed by atoms with van der Waals surface area (Å²) < 4.78 is 5.62. The third kappa shape index (κ3) is 4.65. The Morgan fingerprint density at radius 2 is 1.62 bits per heavy atom. The van der Waals surface area contributed by atoms with E-state index in [-0.39, 0.29) is 30.3 Å². The zero-order valence-electron chi connectivity index (χ0n) is 19.9. The second-order valence-electron chi connectivity index (χ2n) is 9.72. The summed E-state index contributed by atoms with van der Waals surface area (Å²) in [7, 11) is 0. The molecule has 3 atom stereocenters. The highest BCUT2D eigenvalue weighted by Crippen LogP contribution is 2.44. The van der Waals surface area contributed by atoms with Crippen molar-refractivity contribution in [2.24, 2.45) is 11.8 Å². The van der Waals surface area contributed by atoms with Gasteiger partial charge in [0.1, 0.15) is 18.7 Å². The molecule has 7 nitrogen and oxygen atoms in total. The molecule has 2 unspecified atom stereocenters. The van der Waals surface area contributed by atoms with E-state index < -0.39 is 24.1 Å². The van der Waals surface area contributed by atoms with Crippen LogP contribution in [0.15, 0.2) is 48.5 Å². The van der Waals surface area contributed by atoms with Crippen LogP contribution in [0.1, 0.15) is 50.7 Å². The fourth-order valence-corrected chi connectivity index (χ4v) is 5.11. The molecule has 0 saturated carbocycles. The molecule has 2 N–H and O–H groups in total. The van der Waals surface area contributed by atoms with Crippen LogP contribution in [0.5, 0.6) is 0 Å². The molecule has 1 heterocycles. The van der Waals surface area contributed by atoms with E-state index >= 15 is 0 Å². The third-order valence-corrected chi connectivity index (χ3v) is 6.94. The lowest BCUT2D eigenvalue weighted by Crippen LogP contribution is -2.58.